The molecule has 8 heteroatoms. The lowest BCUT2D eigenvalue weighted by Crippen LogP contribution is -1.97. The number of phosphoric ester groups is 1. The van der Waals surface area contributed by atoms with Crippen molar-refractivity contribution in [3.63, 3.8) is 0 Å². The normalized spacial score (nSPS) is 11.4. The van der Waals surface area contributed by atoms with Crippen LogP contribution >= 0.6 is 7.82 Å². The summed E-state index contributed by atoms with van der Waals surface area (Å²) in [5, 5.41) is 11.8. The molecule has 0 aliphatic carbocycles. The molecular weight excluding hydrogens is 261 g/mol. The highest BCUT2D eigenvalue weighted by atomic mass is 31.2. The molecule has 2 N–H and O–H groups in total. The Hall–Kier alpha value is -1.95. The Balaban J connectivity index is 2.71. The van der Waals surface area contributed by atoms with E-state index in [0.29, 0.717) is 5.39 Å². The summed E-state index contributed by atoms with van der Waals surface area (Å²) in [5.41, 5.74) is -0.462. The van der Waals surface area contributed by atoms with Crippen molar-refractivity contribution < 1.29 is 23.8 Å². The first-order valence-corrected chi connectivity index (χ1v) is 6.33. The summed E-state index contributed by atoms with van der Waals surface area (Å²) in [7, 11) is -4.84. The molecule has 18 heavy (non-hydrogen) atoms. The Bertz CT molecular complexity index is 664. The molecule has 2 aromatic carbocycles. The number of hydrogen-bond donors (Lipinski definition) is 2. The van der Waals surface area contributed by atoms with Gasteiger partial charge in [0.1, 0.15) is 0 Å². The molecule has 0 spiro atoms. The van der Waals surface area contributed by atoms with Gasteiger partial charge in [-0.25, -0.2) is 4.57 Å². The third-order valence-electron chi connectivity index (χ3n) is 2.26. The molecule has 94 valence electrons. The predicted molar refractivity (Wildman–Crippen MR) is 63.3 cm³/mol. The van der Waals surface area contributed by atoms with Crippen LogP contribution in [0.5, 0.6) is 5.75 Å². The number of phosphoric acid groups is 1. The summed E-state index contributed by atoms with van der Waals surface area (Å²) < 4.78 is 15.1. The van der Waals surface area contributed by atoms with E-state index in [9.17, 15) is 14.7 Å². The summed E-state index contributed by atoms with van der Waals surface area (Å²) in [6, 6.07) is 9.10. The first kappa shape index (κ1) is 12.5. The van der Waals surface area contributed by atoms with Gasteiger partial charge in [0.15, 0.2) is 0 Å². The minimum absolute atomic E-state index is 0.258. The zero-order valence-corrected chi connectivity index (χ0v) is 9.78. The lowest BCUT2D eigenvalue weighted by Gasteiger charge is -2.08. The molecule has 0 bridgehead atoms. The van der Waals surface area contributed by atoms with Crippen molar-refractivity contribution in [3.8, 4) is 5.75 Å². The lowest BCUT2D eigenvalue weighted by atomic mass is 10.1. The number of fused-ring (bicyclic) bond motifs is 1. The van der Waals surface area contributed by atoms with Gasteiger partial charge in [-0.15, -0.1) is 0 Å². The van der Waals surface area contributed by atoms with Crippen LogP contribution in [0.4, 0.5) is 5.69 Å². The number of nitro groups is 1. The number of rotatable bonds is 3. The van der Waals surface area contributed by atoms with Crippen LogP contribution in [0.15, 0.2) is 36.4 Å². The average molecular weight is 269 g/mol. The van der Waals surface area contributed by atoms with E-state index < -0.39 is 24.2 Å². The van der Waals surface area contributed by atoms with Crippen LogP contribution in [0, 0.1) is 10.1 Å². The van der Waals surface area contributed by atoms with Crippen LogP contribution in [0.1, 0.15) is 0 Å². The van der Waals surface area contributed by atoms with Crippen molar-refractivity contribution in [2.24, 2.45) is 0 Å². The summed E-state index contributed by atoms with van der Waals surface area (Å²) in [4.78, 5) is 27.7. The molecular formula is C10H8NO6P. The Labute approximate surface area is 101 Å². The van der Waals surface area contributed by atoms with Gasteiger partial charge in [0.25, 0.3) is 0 Å². The van der Waals surface area contributed by atoms with Crippen molar-refractivity contribution in [1.82, 2.24) is 0 Å². The number of hydrogen-bond acceptors (Lipinski definition) is 4. The molecule has 0 radical (unpaired) electrons. The summed E-state index contributed by atoms with van der Waals surface area (Å²) >= 11 is 0. The summed E-state index contributed by atoms with van der Waals surface area (Å²) in [6.45, 7) is 0. The number of benzene rings is 2. The van der Waals surface area contributed by atoms with Crippen LogP contribution in [0.3, 0.4) is 0 Å². The minimum Gasteiger partial charge on any atom is -0.397 e. The highest BCUT2D eigenvalue weighted by Crippen LogP contribution is 2.44. The van der Waals surface area contributed by atoms with Crippen molar-refractivity contribution in [2.75, 3.05) is 0 Å². The maximum Gasteiger partial charge on any atom is 0.525 e. The van der Waals surface area contributed by atoms with Gasteiger partial charge >= 0.3 is 13.5 Å². The molecule has 0 aliphatic rings. The van der Waals surface area contributed by atoms with E-state index in [1.807, 2.05) is 0 Å². The van der Waals surface area contributed by atoms with Crippen molar-refractivity contribution in [3.05, 3.63) is 46.5 Å². The Morgan fingerprint density at radius 1 is 1.17 bits per heavy atom. The Morgan fingerprint density at radius 2 is 1.83 bits per heavy atom. The maximum absolute atomic E-state index is 11.0. The highest BCUT2D eigenvalue weighted by molar-refractivity contribution is 7.46. The molecule has 0 aliphatic heterocycles. The zero-order chi connectivity index (χ0) is 13.3. The minimum atomic E-state index is -4.84. The monoisotopic (exact) mass is 269 g/mol. The van der Waals surface area contributed by atoms with Crippen molar-refractivity contribution in [2.45, 2.75) is 0 Å². The molecule has 0 amide bonds. The van der Waals surface area contributed by atoms with E-state index in [2.05, 4.69) is 4.52 Å². The quantitative estimate of drug-likeness (QED) is 0.502. The fourth-order valence-electron chi connectivity index (χ4n) is 1.63. The van der Waals surface area contributed by atoms with Gasteiger partial charge < -0.3 is 4.52 Å². The van der Waals surface area contributed by atoms with E-state index in [4.69, 9.17) is 9.79 Å². The molecule has 0 aromatic heterocycles. The molecule has 0 atom stereocenters. The molecule has 7 nitrogen and oxygen atoms in total. The Kier molecular flexibility index (Phi) is 3.04. The van der Waals surface area contributed by atoms with Gasteiger partial charge in [-0.2, -0.15) is 0 Å². The molecule has 0 saturated carbocycles. The van der Waals surface area contributed by atoms with Crippen LogP contribution in [0.25, 0.3) is 10.8 Å². The second-order valence-electron chi connectivity index (χ2n) is 3.47. The molecule has 0 fully saturated rings. The van der Waals surface area contributed by atoms with Gasteiger partial charge in [0, 0.05) is 0 Å². The zero-order valence-electron chi connectivity index (χ0n) is 8.89. The van der Waals surface area contributed by atoms with E-state index in [-0.39, 0.29) is 5.39 Å². The van der Waals surface area contributed by atoms with Gasteiger partial charge in [-0.3, -0.25) is 19.9 Å². The van der Waals surface area contributed by atoms with Gasteiger partial charge in [-0.05, 0) is 17.5 Å². The fraction of sp³-hybridized carbons (Fsp3) is 0. The summed E-state index contributed by atoms with van der Waals surface area (Å²) in [5.74, 6) is -0.452. The van der Waals surface area contributed by atoms with Crippen molar-refractivity contribution in [1.29, 1.82) is 0 Å². The topological polar surface area (TPSA) is 110 Å². The average Bonchev–Trinajstić information content (AvgIpc) is 2.26. The van der Waals surface area contributed by atoms with E-state index in [1.54, 1.807) is 18.2 Å². The fourth-order valence-corrected chi connectivity index (χ4v) is 2.03. The highest BCUT2D eigenvalue weighted by Gasteiger charge is 2.25. The maximum atomic E-state index is 11.0. The smallest absolute Gasteiger partial charge is 0.397 e. The van der Waals surface area contributed by atoms with Gasteiger partial charge in [-0.1, -0.05) is 24.3 Å². The molecule has 2 aromatic rings. The standard InChI is InChI=1S/C10H8NO6P/c12-11(13)10-8-4-2-1-3-7(8)5-6-9(10)17-18(14,15)16/h1-6H,(H2,14,15,16). The summed E-state index contributed by atoms with van der Waals surface area (Å²) in [6.07, 6.45) is 0. The molecule has 2 rings (SSSR count). The van der Waals surface area contributed by atoms with E-state index in [0.717, 1.165) is 0 Å². The first-order chi connectivity index (χ1) is 8.38. The Morgan fingerprint density at radius 3 is 2.44 bits per heavy atom. The second kappa shape index (κ2) is 4.38. The second-order valence-corrected chi connectivity index (χ2v) is 4.64. The first-order valence-electron chi connectivity index (χ1n) is 4.80. The van der Waals surface area contributed by atoms with Crippen LogP contribution in [0.2, 0.25) is 0 Å². The molecule has 0 unspecified atom stereocenters. The van der Waals surface area contributed by atoms with E-state index in [1.165, 1.54) is 18.2 Å². The largest absolute Gasteiger partial charge is 0.525 e. The lowest BCUT2D eigenvalue weighted by molar-refractivity contribution is -0.383. The van der Waals surface area contributed by atoms with Crippen LogP contribution < -0.4 is 4.52 Å². The molecule has 0 saturated heterocycles. The van der Waals surface area contributed by atoms with Crippen LogP contribution in [-0.2, 0) is 4.57 Å². The predicted octanol–water partition coefficient (Wildman–Crippen LogP) is 2.22. The van der Waals surface area contributed by atoms with E-state index >= 15 is 0 Å². The SMILES string of the molecule is O=[N+]([O-])c1c(OP(=O)(O)O)ccc2ccccc12. The van der Waals surface area contributed by atoms with Gasteiger partial charge in [0.05, 0.1) is 10.3 Å². The third kappa shape index (κ3) is 2.48. The third-order valence-corrected chi connectivity index (χ3v) is 2.70. The molecule has 0 heterocycles. The van der Waals surface area contributed by atoms with Crippen molar-refractivity contribution >= 4 is 24.3 Å². The number of nitro benzene ring substituents is 1. The number of nitrogens with zero attached hydrogens (tertiary/aromatic N) is 1. The van der Waals surface area contributed by atoms with Gasteiger partial charge in [0.2, 0.25) is 5.75 Å². The van der Waals surface area contributed by atoms with Crippen LogP contribution in [-0.4, -0.2) is 14.7 Å².